The third-order valence-corrected chi connectivity index (χ3v) is 3.79. The molecule has 0 spiro atoms. The summed E-state index contributed by atoms with van der Waals surface area (Å²) in [5.41, 5.74) is 1.03. The summed E-state index contributed by atoms with van der Waals surface area (Å²) in [5, 5.41) is 7.14. The van der Waals surface area contributed by atoms with Crippen LogP contribution in [-0.2, 0) is 4.74 Å². The Morgan fingerprint density at radius 3 is 2.86 bits per heavy atom. The largest absolute Gasteiger partial charge is 0.376 e. The maximum atomic E-state index is 12.9. The molecule has 1 aromatic carbocycles. The average molecular weight is 303 g/mol. The quantitative estimate of drug-likeness (QED) is 0.943. The van der Waals surface area contributed by atoms with Gasteiger partial charge < -0.3 is 10.1 Å². The van der Waals surface area contributed by atoms with Crippen LogP contribution in [0.5, 0.6) is 0 Å². The fourth-order valence-corrected chi connectivity index (χ4v) is 2.55. The van der Waals surface area contributed by atoms with Gasteiger partial charge >= 0.3 is 0 Å². The van der Waals surface area contributed by atoms with Crippen molar-refractivity contribution >= 4 is 5.91 Å². The molecule has 116 valence electrons. The van der Waals surface area contributed by atoms with Gasteiger partial charge in [0, 0.05) is 12.8 Å². The van der Waals surface area contributed by atoms with Gasteiger partial charge in [-0.1, -0.05) is 0 Å². The molecule has 2 atom stereocenters. The summed E-state index contributed by atoms with van der Waals surface area (Å²) < 4.78 is 20.0. The lowest BCUT2D eigenvalue weighted by Crippen LogP contribution is -2.41. The van der Waals surface area contributed by atoms with Gasteiger partial charge in [-0.2, -0.15) is 5.10 Å². The van der Waals surface area contributed by atoms with E-state index in [2.05, 4.69) is 10.4 Å². The van der Waals surface area contributed by atoms with Crippen molar-refractivity contribution in [1.82, 2.24) is 15.1 Å². The van der Waals surface area contributed by atoms with E-state index < -0.39 is 0 Å². The van der Waals surface area contributed by atoms with Crippen molar-refractivity contribution in [3.63, 3.8) is 0 Å². The molecule has 0 saturated carbocycles. The van der Waals surface area contributed by atoms with Crippen LogP contribution in [0.15, 0.2) is 36.5 Å². The van der Waals surface area contributed by atoms with E-state index in [9.17, 15) is 9.18 Å². The molecule has 5 nitrogen and oxygen atoms in total. The van der Waals surface area contributed by atoms with Crippen LogP contribution in [0, 0.1) is 5.82 Å². The van der Waals surface area contributed by atoms with Crippen molar-refractivity contribution in [3.8, 4) is 5.69 Å². The first-order valence-electron chi connectivity index (χ1n) is 7.37. The summed E-state index contributed by atoms with van der Waals surface area (Å²) in [6.07, 6.45) is 3.75. The molecule has 22 heavy (non-hydrogen) atoms. The monoisotopic (exact) mass is 303 g/mol. The van der Waals surface area contributed by atoms with Gasteiger partial charge in [-0.15, -0.1) is 0 Å². The van der Waals surface area contributed by atoms with E-state index in [1.807, 2.05) is 6.92 Å². The molecule has 1 saturated heterocycles. The Morgan fingerprint density at radius 1 is 1.41 bits per heavy atom. The van der Waals surface area contributed by atoms with Gasteiger partial charge in [0.2, 0.25) is 0 Å². The summed E-state index contributed by atoms with van der Waals surface area (Å²) in [5.74, 6) is -0.539. The number of nitrogens with one attached hydrogen (secondary N) is 1. The zero-order valence-corrected chi connectivity index (χ0v) is 12.3. The van der Waals surface area contributed by atoms with Crippen molar-refractivity contribution in [1.29, 1.82) is 0 Å². The fourth-order valence-electron chi connectivity index (χ4n) is 2.55. The van der Waals surface area contributed by atoms with Gasteiger partial charge in [0.15, 0.2) is 5.69 Å². The first kappa shape index (κ1) is 14.7. The molecule has 0 unspecified atom stereocenters. The second kappa shape index (κ2) is 6.27. The number of hydrogen-bond donors (Lipinski definition) is 1. The molecule has 6 heteroatoms. The van der Waals surface area contributed by atoms with E-state index in [1.165, 1.54) is 12.1 Å². The zero-order valence-electron chi connectivity index (χ0n) is 12.3. The van der Waals surface area contributed by atoms with Crippen LogP contribution in [0.4, 0.5) is 4.39 Å². The van der Waals surface area contributed by atoms with E-state index in [-0.39, 0.29) is 23.9 Å². The van der Waals surface area contributed by atoms with Crippen LogP contribution in [-0.4, -0.2) is 34.4 Å². The smallest absolute Gasteiger partial charge is 0.272 e. The van der Waals surface area contributed by atoms with E-state index in [4.69, 9.17) is 4.74 Å². The lowest BCUT2D eigenvalue weighted by Gasteiger charge is -2.19. The van der Waals surface area contributed by atoms with E-state index >= 15 is 0 Å². The fraction of sp³-hybridized carbons (Fsp3) is 0.375. The highest BCUT2D eigenvalue weighted by Gasteiger charge is 2.24. The van der Waals surface area contributed by atoms with Crippen LogP contribution in [0.1, 0.15) is 30.3 Å². The number of benzene rings is 1. The van der Waals surface area contributed by atoms with E-state index in [0.717, 1.165) is 19.4 Å². The Bertz CT molecular complexity index is 648. The molecule has 2 aromatic rings. The molecule has 1 fully saturated rings. The van der Waals surface area contributed by atoms with E-state index in [0.29, 0.717) is 11.4 Å². The molecule has 1 N–H and O–H groups in total. The number of carbonyl (C=O) groups excluding carboxylic acids is 1. The lowest BCUT2D eigenvalue weighted by atomic mass is 10.1. The number of carbonyl (C=O) groups is 1. The minimum absolute atomic E-state index is 0.0500. The van der Waals surface area contributed by atoms with Crippen LogP contribution in [0.3, 0.4) is 0 Å². The van der Waals surface area contributed by atoms with Crippen LogP contribution in [0.2, 0.25) is 0 Å². The summed E-state index contributed by atoms with van der Waals surface area (Å²) in [7, 11) is 0. The Balaban J connectivity index is 1.67. The number of rotatable bonds is 4. The SMILES string of the molecule is C[C@@H](NC(=O)c1ccn(-c2ccc(F)cc2)n1)[C@H]1CCCO1. The molecular weight excluding hydrogens is 285 g/mol. The maximum absolute atomic E-state index is 12.9. The van der Waals surface area contributed by atoms with E-state index in [1.54, 1.807) is 29.1 Å². The summed E-state index contributed by atoms with van der Waals surface area (Å²) in [6, 6.07) is 7.52. The molecule has 2 heterocycles. The minimum atomic E-state index is -0.306. The van der Waals surface area contributed by atoms with Gasteiger partial charge in [-0.3, -0.25) is 4.79 Å². The van der Waals surface area contributed by atoms with Gasteiger partial charge in [0.05, 0.1) is 17.8 Å². The summed E-state index contributed by atoms with van der Waals surface area (Å²) in [6.45, 7) is 2.69. The number of halogens is 1. The third-order valence-electron chi connectivity index (χ3n) is 3.79. The predicted octanol–water partition coefficient (Wildman–Crippen LogP) is 2.31. The predicted molar refractivity (Wildman–Crippen MR) is 79.4 cm³/mol. The van der Waals surface area contributed by atoms with Crippen molar-refractivity contribution in [2.75, 3.05) is 6.61 Å². The zero-order chi connectivity index (χ0) is 15.5. The summed E-state index contributed by atoms with van der Waals surface area (Å²) >= 11 is 0. The van der Waals surface area contributed by atoms with Gasteiger partial charge in [0.1, 0.15) is 5.82 Å². The van der Waals surface area contributed by atoms with Crippen molar-refractivity contribution in [2.24, 2.45) is 0 Å². The van der Waals surface area contributed by atoms with Crippen molar-refractivity contribution in [3.05, 3.63) is 48.0 Å². The first-order valence-corrected chi connectivity index (χ1v) is 7.37. The van der Waals surface area contributed by atoms with Crippen LogP contribution >= 0.6 is 0 Å². The molecule has 1 aliphatic heterocycles. The Morgan fingerprint density at radius 2 is 2.18 bits per heavy atom. The number of ether oxygens (including phenoxy) is 1. The second-order valence-corrected chi connectivity index (χ2v) is 5.44. The maximum Gasteiger partial charge on any atom is 0.272 e. The average Bonchev–Trinajstić information content (AvgIpc) is 3.20. The normalized spacial score (nSPS) is 19.1. The van der Waals surface area contributed by atoms with Crippen molar-refractivity contribution < 1.29 is 13.9 Å². The van der Waals surface area contributed by atoms with Crippen LogP contribution < -0.4 is 5.32 Å². The second-order valence-electron chi connectivity index (χ2n) is 5.44. The van der Waals surface area contributed by atoms with Gasteiger partial charge in [-0.25, -0.2) is 9.07 Å². The standard InChI is InChI=1S/C16H18FN3O2/c1-11(15-3-2-10-22-15)18-16(21)14-8-9-20(19-14)13-6-4-12(17)5-7-13/h4-9,11,15H,2-3,10H2,1H3,(H,18,21)/t11-,15-/m1/s1. The lowest BCUT2D eigenvalue weighted by molar-refractivity contribution is 0.0709. The number of hydrogen-bond acceptors (Lipinski definition) is 3. The molecule has 1 aliphatic rings. The Hall–Kier alpha value is -2.21. The molecule has 0 bridgehead atoms. The summed E-state index contributed by atoms with van der Waals surface area (Å²) in [4.78, 5) is 12.2. The molecule has 1 aromatic heterocycles. The molecule has 3 rings (SSSR count). The van der Waals surface area contributed by atoms with Crippen LogP contribution in [0.25, 0.3) is 5.69 Å². The molecule has 0 radical (unpaired) electrons. The highest BCUT2D eigenvalue weighted by atomic mass is 19.1. The Kier molecular flexibility index (Phi) is 4.20. The number of nitrogens with zero attached hydrogens (tertiary/aromatic N) is 2. The molecular formula is C16H18FN3O2. The highest BCUT2D eigenvalue weighted by Crippen LogP contribution is 2.16. The highest BCUT2D eigenvalue weighted by molar-refractivity contribution is 5.92. The number of aromatic nitrogens is 2. The Labute approximate surface area is 128 Å². The third kappa shape index (κ3) is 3.17. The first-order chi connectivity index (χ1) is 10.6. The topological polar surface area (TPSA) is 56.2 Å². The van der Waals surface area contributed by atoms with Crippen molar-refractivity contribution in [2.45, 2.75) is 31.9 Å². The molecule has 1 amide bonds. The van der Waals surface area contributed by atoms with Gasteiger partial charge in [-0.05, 0) is 50.1 Å². The van der Waals surface area contributed by atoms with Gasteiger partial charge in [0.25, 0.3) is 5.91 Å². The minimum Gasteiger partial charge on any atom is -0.376 e. The number of amides is 1. The molecule has 0 aliphatic carbocycles.